The summed E-state index contributed by atoms with van der Waals surface area (Å²) in [5, 5.41) is 1.06. The zero-order chi connectivity index (χ0) is 15.9. The lowest BCUT2D eigenvalue weighted by Crippen LogP contribution is -2.30. The molecule has 2 rings (SSSR count). The van der Waals surface area contributed by atoms with Crippen LogP contribution in [0.25, 0.3) is 0 Å². The van der Waals surface area contributed by atoms with Crippen molar-refractivity contribution in [3.05, 3.63) is 64.1 Å². The molecule has 0 bridgehead atoms. The first kappa shape index (κ1) is 16.7. The average Bonchev–Trinajstić information content (AvgIpc) is 2.47. The van der Waals surface area contributed by atoms with Gasteiger partial charge in [0.25, 0.3) is 0 Å². The van der Waals surface area contributed by atoms with Crippen LogP contribution >= 0.6 is 23.2 Å². The van der Waals surface area contributed by atoms with E-state index in [-0.39, 0.29) is 12.5 Å². The third kappa shape index (κ3) is 4.93. The molecule has 0 spiro atoms. The number of rotatable bonds is 6. The van der Waals surface area contributed by atoms with Gasteiger partial charge in [-0.25, -0.2) is 0 Å². The highest BCUT2D eigenvalue weighted by molar-refractivity contribution is 6.35. The smallest absolute Gasteiger partial charge is 0.325 e. The summed E-state index contributed by atoms with van der Waals surface area (Å²) in [5.41, 5.74) is 1.87. The van der Waals surface area contributed by atoms with Crippen molar-refractivity contribution in [1.82, 2.24) is 0 Å². The number of esters is 1. The van der Waals surface area contributed by atoms with Gasteiger partial charge in [0.05, 0.1) is 6.61 Å². The van der Waals surface area contributed by atoms with E-state index in [2.05, 4.69) is 0 Å². The van der Waals surface area contributed by atoms with E-state index in [1.807, 2.05) is 35.2 Å². The highest BCUT2D eigenvalue weighted by Gasteiger charge is 2.14. The SMILES string of the molecule is CCOC(=O)CN(Cc1ccccc1)c1cc(Cl)cc(Cl)c1. The van der Waals surface area contributed by atoms with Gasteiger partial charge < -0.3 is 9.64 Å². The summed E-state index contributed by atoms with van der Waals surface area (Å²) in [6, 6.07) is 15.1. The van der Waals surface area contributed by atoms with Crippen molar-refractivity contribution in [2.75, 3.05) is 18.1 Å². The molecule has 3 nitrogen and oxygen atoms in total. The number of hydrogen-bond acceptors (Lipinski definition) is 3. The predicted molar refractivity (Wildman–Crippen MR) is 90.6 cm³/mol. The largest absolute Gasteiger partial charge is 0.465 e. The molecule has 22 heavy (non-hydrogen) atoms. The molecule has 116 valence electrons. The highest BCUT2D eigenvalue weighted by atomic mass is 35.5. The Kier molecular flexibility index (Phi) is 6.10. The first-order valence-corrected chi connectivity index (χ1v) is 7.74. The maximum Gasteiger partial charge on any atom is 0.325 e. The summed E-state index contributed by atoms with van der Waals surface area (Å²) in [7, 11) is 0. The Bertz CT molecular complexity index is 612. The summed E-state index contributed by atoms with van der Waals surface area (Å²) in [4.78, 5) is 13.8. The third-order valence-electron chi connectivity index (χ3n) is 3.05. The van der Waals surface area contributed by atoms with Gasteiger partial charge in [0.1, 0.15) is 6.54 Å². The number of carbonyl (C=O) groups is 1. The molecule has 2 aromatic rings. The summed E-state index contributed by atoms with van der Waals surface area (Å²) in [6.45, 7) is 2.85. The van der Waals surface area contributed by atoms with Crippen LogP contribution in [0.15, 0.2) is 48.5 Å². The summed E-state index contributed by atoms with van der Waals surface area (Å²) in [5.74, 6) is -0.283. The van der Waals surface area contributed by atoms with Crippen LogP contribution in [-0.4, -0.2) is 19.1 Å². The lowest BCUT2D eigenvalue weighted by atomic mass is 10.2. The fourth-order valence-corrected chi connectivity index (χ4v) is 2.64. The van der Waals surface area contributed by atoms with E-state index < -0.39 is 0 Å². The molecule has 0 saturated heterocycles. The fourth-order valence-electron chi connectivity index (χ4n) is 2.13. The van der Waals surface area contributed by atoms with E-state index in [0.717, 1.165) is 11.3 Å². The zero-order valence-corrected chi connectivity index (χ0v) is 13.8. The quantitative estimate of drug-likeness (QED) is 0.723. The molecule has 0 aliphatic heterocycles. The summed E-state index contributed by atoms with van der Waals surface area (Å²) < 4.78 is 5.05. The molecular formula is C17H17Cl2NO2. The van der Waals surface area contributed by atoms with Crippen LogP contribution in [0.5, 0.6) is 0 Å². The number of hydrogen-bond donors (Lipinski definition) is 0. The van der Waals surface area contributed by atoms with Crippen molar-refractivity contribution in [3.8, 4) is 0 Å². The van der Waals surface area contributed by atoms with E-state index >= 15 is 0 Å². The van der Waals surface area contributed by atoms with Gasteiger partial charge in [-0.05, 0) is 30.7 Å². The van der Waals surface area contributed by atoms with E-state index in [1.165, 1.54) is 0 Å². The Morgan fingerprint density at radius 2 is 1.73 bits per heavy atom. The van der Waals surface area contributed by atoms with Gasteiger partial charge in [-0.2, -0.15) is 0 Å². The number of benzene rings is 2. The Hall–Kier alpha value is -1.71. The van der Waals surface area contributed by atoms with Crippen LogP contribution in [0, 0.1) is 0 Å². The van der Waals surface area contributed by atoms with Crippen LogP contribution in [0.4, 0.5) is 5.69 Å². The van der Waals surface area contributed by atoms with Crippen molar-refractivity contribution in [3.63, 3.8) is 0 Å². The molecule has 0 amide bonds. The molecule has 0 saturated carbocycles. The van der Waals surface area contributed by atoms with Crippen LogP contribution < -0.4 is 4.90 Å². The average molecular weight is 338 g/mol. The van der Waals surface area contributed by atoms with Crippen LogP contribution in [0.1, 0.15) is 12.5 Å². The first-order chi connectivity index (χ1) is 10.6. The number of carbonyl (C=O) groups excluding carboxylic acids is 1. The van der Waals surface area contributed by atoms with E-state index in [0.29, 0.717) is 23.2 Å². The van der Waals surface area contributed by atoms with Gasteiger partial charge in [-0.3, -0.25) is 4.79 Å². The molecule has 0 unspecified atom stereocenters. The molecule has 0 aromatic heterocycles. The third-order valence-corrected chi connectivity index (χ3v) is 3.49. The Balaban J connectivity index is 2.25. The summed E-state index contributed by atoms with van der Waals surface area (Å²) >= 11 is 12.1. The number of halogens is 2. The van der Waals surface area contributed by atoms with E-state index in [4.69, 9.17) is 27.9 Å². The molecule has 0 heterocycles. The second kappa shape index (κ2) is 8.06. The maximum absolute atomic E-state index is 11.9. The van der Waals surface area contributed by atoms with Gasteiger partial charge in [-0.15, -0.1) is 0 Å². The zero-order valence-electron chi connectivity index (χ0n) is 12.3. The van der Waals surface area contributed by atoms with E-state index in [1.54, 1.807) is 25.1 Å². The van der Waals surface area contributed by atoms with Gasteiger partial charge in [-0.1, -0.05) is 53.5 Å². The molecule has 5 heteroatoms. The molecular weight excluding hydrogens is 321 g/mol. The van der Waals surface area contributed by atoms with Crippen molar-refractivity contribution in [2.45, 2.75) is 13.5 Å². The minimum Gasteiger partial charge on any atom is -0.465 e. The Morgan fingerprint density at radius 3 is 2.32 bits per heavy atom. The maximum atomic E-state index is 11.9. The predicted octanol–water partition coefficient (Wildman–Crippen LogP) is 4.56. The highest BCUT2D eigenvalue weighted by Crippen LogP contribution is 2.26. The van der Waals surface area contributed by atoms with Crippen LogP contribution in [-0.2, 0) is 16.1 Å². The topological polar surface area (TPSA) is 29.5 Å². The number of anilines is 1. The van der Waals surface area contributed by atoms with Crippen molar-refractivity contribution in [1.29, 1.82) is 0 Å². The Labute approximate surface area is 140 Å². The molecule has 0 fully saturated rings. The lowest BCUT2D eigenvalue weighted by Gasteiger charge is -2.24. The molecule has 0 aliphatic carbocycles. The minimum absolute atomic E-state index is 0.138. The van der Waals surface area contributed by atoms with Crippen LogP contribution in [0.3, 0.4) is 0 Å². The molecule has 0 atom stereocenters. The minimum atomic E-state index is -0.283. The molecule has 0 aliphatic rings. The van der Waals surface area contributed by atoms with Crippen molar-refractivity contribution < 1.29 is 9.53 Å². The number of nitrogens with zero attached hydrogens (tertiary/aromatic N) is 1. The summed E-state index contributed by atoms with van der Waals surface area (Å²) in [6.07, 6.45) is 0. The second-order valence-electron chi connectivity index (χ2n) is 4.77. The Morgan fingerprint density at radius 1 is 1.09 bits per heavy atom. The lowest BCUT2D eigenvalue weighted by molar-refractivity contribution is -0.141. The van der Waals surface area contributed by atoms with Crippen LogP contribution in [0.2, 0.25) is 10.0 Å². The second-order valence-corrected chi connectivity index (χ2v) is 5.65. The number of ether oxygens (including phenoxy) is 1. The van der Waals surface area contributed by atoms with Gasteiger partial charge in [0, 0.05) is 22.3 Å². The van der Waals surface area contributed by atoms with Gasteiger partial charge >= 0.3 is 5.97 Å². The molecule has 0 radical (unpaired) electrons. The van der Waals surface area contributed by atoms with Gasteiger partial charge in [0.2, 0.25) is 0 Å². The van der Waals surface area contributed by atoms with Gasteiger partial charge in [0.15, 0.2) is 0 Å². The standard InChI is InChI=1S/C17H17Cl2NO2/c1-2-22-17(21)12-20(11-13-6-4-3-5-7-13)16-9-14(18)8-15(19)10-16/h3-10H,2,11-12H2,1H3. The monoisotopic (exact) mass is 337 g/mol. The molecule has 0 N–H and O–H groups in total. The first-order valence-electron chi connectivity index (χ1n) is 6.99. The molecule has 2 aromatic carbocycles. The fraction of sp³-hybridized carbons (Fsp3) is 0.235. The normalized spacial score (nSPS) is 10.3. The van der Waals surface area contributed by atoms with E-state index in [9.17, 15) is 4.79 Å². The van der Waals surface area contributed by atoms with Crippen molar-refractivity contribution >= 4 is 34.9 Å². The van der Waals surface area contributed by atoms with Crippen molar-refractivity contribution in [2.24, 2.45) is 0 Å².